The van der Waals surface area contributed by atoms with E-state index in [-0.39, 0.29) is 12.1 Å². The number of hydrogen-bond acceptors (Lipinski definition) is 2. The molecule has 2 aromatic rings. The van der Waals surface area contributed by atoms with Crippen LogP contribution < -0.4 is 5.32 Å². The summed E-state index contributed by atoms with van der Waals surface area (Å²) in [7, 11) is 0. The van der Waals surface area contributed by atoms with Crippen LogP contribution >= 0.6 is 0 Å². The van der Waals surface area contributed by atoms with Gasteiger partial charge >= 0.3 is 12.1 Å². The molecule has 0 spiro atoms. The highest BCUT2D eigenvalue weighted by Gasteiger charge is 2.30. The maximum Gasteiger partial charge on any atom is 0.416 e. The summed E-state index contributed by atoms with van der Waals surface area (Å²) in [6.45, 7) is -0.119. The van der Waals surface area contributed by atoms with E-state index < -0.39 is 36.0 Å². The van der Waals surface area contributed by atoms with Gasteiger partial charge in [-0.15, -0.1) is 0 Å². The van der Waals surface area contributed by atoms with Crippen molar-refractivity contribution < 1.29 is 27.9 Å². The molecule has 0 fully saturated rings. The van der Waals surface area contributed by atoms with E-state index in [9.17, 15) is 22.8 Å². The van der Waals surface area contributed by atoms with Gasteiger partial charge in [0.15, 0.2) is 0 Å². The van der Waals surface area contributed by atoms with E-state index in [2.05, 4.69) is 5.32 Å². The highest BCUT2D eigenvalue weighted by atomic mass is 19.4. The second-order valence-electron chi connectivity index (χ2n) is 5.48. The molecular formula is C18H16F3NO3. The normalized spacial score (nSPS) is 12.4. The van der Waals surface area contributed by atoms with Crippen LogP contribution in [0, 0.1) is 0 Å². The summed E-state index contributed by atoms with van der Waals surface area (Å²) in [6, 6.07) is 13.0. The van der Waals surface area contributed by atoms with Crippen LogP contribution in [0.2, 0.25) is 0 Å². The number of nitrogens with one attached hydrogen (secondary N) is 1. The summed E-state index contributed by atoms with van der Waals surface area (Å²) in [6.07, 6.45) is -4.87. The van der Waals surface area contributed by atoms with Crippen LogP contribution in [0.5, 0.6) is 0 Å². The lowest BCUT2D eigenvalue weighted by atomic mass is 9.95. The molecule has 25 heavy (non-hydrogen) atoms. The number of carbonyl (C=O) groups excluding carboxylic acids is 1. The molecule has 0 saturated carbocycles. The van der Waals surface area contributed by atoms with Crippen molar-refractivity contribution in [1.29, 1.82) is 0 Å². The minimum atomic E-state index is -4.46. The quantitative estimate of drug-likeness (QED) is 0.836. The molecule has 7 heteroatoms. The van der Waals surface area contributed by atoms with E-state index in [0.29, 0.717) is 5.56 Å². The van der Waals surface area contributed by atoms with Gasteiger partial charge in [0.25, 0.3) is 0 Å². The first-order valence-electron chi connectivity index (χ1n) is 7.48. The average Bonchev–Trinajstić information content (AvgIpc) is 2.58. The van der Waals surface area contributed by atoms with Gasteiger partial charge in [-0.1, -0.05) is 42.5 Å². The predicted octanol–water partition coefficient (Wildman–Crippen LogP) is 3.58. The Hall–Kier alpha value is -2.83. The molecule has 0 bridgehead atoms. The van der Waals surface area contributed by atoms with E-state index in [4.69, 9.17) is 5.11 Å². The molecule has 0 heterocycles. The van der Waals surface area contributed by atoms with Crippen LogP contribution in [0.25, 0.3) is 0 Å². The first kappa shape index (κ1) is 18.5. The Morgan fingerprint density at radius 1 is 1.04 bits per heavy atom. The number of carboxylic acid groups (broad SMARTS) is 1. The van der Waals surface area contributed by atoms with E-state index in [1.54, 1.807) is 30.3 Å². The van der Waals surface area contributed by atoms with Crippen molar-refractivity contribution in [3.63, 3.8) is 0 Å². The van der Waals surface area contributed by atoms with E-state index in [1.807, 2.05) is 0 Å². The van der Waals surface area contributed by atoms with Crippen LogP contribution in [0.15, 0.2) is 54.6 Å². The van der Waals surface area contributed by atoms with Crippen LogP contribution in [0.1, 0.15) is 29.0 Å². The van der Waals surface area contributed by atoms with E-state index in [0.717, 1.165) is 12.1 Å². The Balaban J connectivity index is 2.10. The minimum absolute atomic E-state index is 0.119. The maximum absolute atomic E-state index is 12.7. The Kier molecular flexibility index (Phi) is 5.80. The standard InChI is InChI=1S/C18H16F3NO3/c19-18(20,21)14-8-4-5-12(9-14)11-22-17(25)15(10-16(23)24)13-6-2-1-3-7-13/h1-9,15H,10-11H2,(H,22,25)(H,23,24). The van der Waals surface area contributed by atoms with Gasteiger partial charge in [-0.2, -0.15) is 13.2 Å². The summed E-state index contributed by atoms with van der Waals surface area (Å²) < 4.78 is 38.1. The molecule has 0 aromatic heterocycles. The van der Waals surface area contributed by atoms with Crippen molar-refractivity contribution in [2.24, 2.45) is 0 Å². The van der Waals surface area contributed by atoms with Crippen LogP contribution in [-0.4, -0.2) is 17.0 Å². The number of carbonyl (C=O) groups is 2. The van der Waals surface area contributed by atoms with Gasteiger partial charge < -0.3 is 10.4 Å². The molecule has 0 aliphatic carbocycles. The SMILES string of the molecule is O=C(O)CC(C(=O)NCc1cccc(C(F)(F)F)c1)c1ccccc1. The Labute approximate surface area is 142 Å². The van der Waals surface area contributed by atoms with Gasteiger partial charge in [-0.05, 0) is 23.3 Å². The van der Waals surface area contributed by atoms with Crippen LogP contribution in [-0.2, 0) is 22.3 Å². The van der Waals surface area contributed by atoms with Gasteiger partial charge in [0, 0.05) is 6.54 Å². The topological polar surface area (TPSA) is 66.4 Å². The lowest BCUT2D eigenvalue weighted by molar-refractivity contribution is -0.139. The van der Waals surface area contributed by atoms with Gasteiger partial charge in [0.1, 0.15) is 0 Å². The van der Waals surface area contributed by atoms with Crippen molar-refractivity contribution in [3.8, 4) is 0 Å². The van der Waals surface area contributed by atoms with Crippen molar-refractivity contribution in [3.05, 3.63) is 71.3 Å². The fourth-order valence-electron chi connectivity index (χ4n) is 2.39. The monoisotopic (exact) mass is 351 g/mol. The van der Waals surface area contributed by atoms with E-state index in [1.165, 1.54) is 12.1 Å². The number of carboxylic acids is 1. The van der Waals surface area contributed by atoms with Gasteiger partial charge in [0.2, 0.25) is 5.91 Å². The second-order valence-corrected chi connectivity index (χ2v) is 5.48. The highest BCUT2D eigenvalue weighted by molar-refractivity contribution is 5.87. The molecule has 2 N–H and O–H groups in total. The lowest BCUT2D eigenvalue weighted by Gasteiger charge is -2.16. The first-order valence-corrected chi connectivity index (χ1v) is 7.48. The molecule has 0 saturated heterocycles. The third kappa shape index (κ3) is 5.34. The van der Waals surface area contributed by atoms with E-state index >= 15 is 0 Å². The minimum Gasteiger partial charge on any atom is -0.481 e. The zero-order chi connectivity index (χ0) is 18.4. The number of aliphatic carboxylic acids is 1. The zero-order valence-electron chi connectivity index (χ0n) is 13.1. The molecule has 1 atom stereocenters. The summed E-state index contributed by atoms with van der Waals surface area (Å²) in [5, 5.41) is 11.5. The van der Waals surface area contributed by atoms with Crippen molar-refractivity contribution in [2.45, 2.75) is 25.1 Å². The average molecular weight is 351 g/mol. The molecule has 132 valence electrons. The molecule has 2 rings (SSSR count). The Morgan fingerprint density at radius 3 is 2.32 bits per heavy atom. The fourth-order valence-corrected chi connectivity index (χ4v) is 2.39. The first-order chi connectivity index (χ1) is 11.8. The molecule has 0 aliphatic heterocycles. The predicted molar refractivity (Wildman–Crippen MR) is 84.7 cm³/mol. The number of amides is 1. The third-order valence-corrected chi connectivity index (χ3v) is 3.62. The number of rotatable bonds is 6. The zero-order valence-corrected chi connectivity index (χ0v) is 13.1. The largest absolute Gasteiger partial charge is 0.481 e. The van der Waals surface area contributed by atoms with Crippen LogP contribution in [0.4, 0.5) is 13.2 Å². The molecular weight excluding hydrogens is 335 g/mol. The second kappa shape index (κ2) is 7.83. The number of halogens is 3. The van der Waals surface area contributed by atoms with Gasteiger partial charge in [-0.3, -0.25) is 9.59 Å². The molecule has 0 aliphatic rings. The maximum atomic E-state index is 12.7. The number of benzene rings is 2. The summed E-state index contributed by atoms with van der Waals surface area (Å²) in [4.78, 5) is 23.3. The Bertz CT molecular complexity index is 745. The molecule has 2 aromatic carbocycles. The number of alkyl halides is 3. The van der Waals surface area contributed by atoms with Crippen molar-refractivity contribution in [1.82, 2.24) is 5.32 Å². The van der Waals surface area contributed by atoms with Crippen molar-refractivity contribution >= 4 is 11.9 Å². The Morgan fingerprint density at radius 2 is 1.72 bits per heavy atom. The molecule has 0 radical (unpaired) electrons. The number of hydrogen-bond donors (Lipinski definition) is 2. The smallest absolute Gasteiger partial charge is 0.416 e. The van der Waals surface area contributed by atoms with Gasteiger partial charge in [-0.25, -0.2) is 0 Å². The molecule has 1 amide bonds. The lowest BCUT2D eigenvalue weighted by Crippen LogP contribution is -2.30. The molecule has 4 nitrogen and oxygen atoms in total. The summed E-state index contributed by atoms with van der Waals surface area (Å²) >= 11 is 0. The summed E-state index contributed by atoms with van der Waals surface area (Å²) in [5.41, 5.74) is 0.0150. The fraction of sp³-hybridized carbons (Fsp3) is 0.222. The summed E-state index contributed by atoms with van der Waals surface area (Å²) in [5.74, 6) is -2.60. The van der Waals surface area contributed by atoms with Crippen molar-refractivity contribution in [2.75, 3.05) is 0 Å². The molecule has 1 unspecified atom stereocenters. The van der Waals surface area contributed by atoms with Crippen LogP contribution in [0.3, 0.4) is 0 Å². The highest BCUT2D eigenvalue weighted by Crippen LogP contribution is 2.29. The third-order valence-electron chi connectivity index (χ3n) is 3.62. The van der Waals surface area contributed by atoms with Gasteiger partial charge in [0.05, 0.1) is 17.9 Å².